The highest BCUT2D eigenvalue weighted by Gasteiger charge is 2.25. The first-order valence-electron chi connectivity index (χ1n) is 4.41. The highest BCUT2D eigenvalue weighted by Crippen LogP contribution is 2.31. The standard InChI is InChI=1S/C12H11F/c13-12(9-5-2-6-10-12)11-7-3-1-4-8-11/h1,3-10H,2H2. The molecule has 0 aromatic heterocycles. The Morgan fingerprint density at radius 1 is 1.00 bits per heavy atom. The Balaban J connectivity index is 2.39. The van der Waals surface area contributed by atoms with E-state index in [1.54, 1.807) is 24.3 Å². The van der Waals surface area contributed by atoms with Crippen molar-refractivity contribution in [3.05, 3.63) is 60.2 Å². The highest BCUT2D eigenvalue weighted by molar-refractivity contribution is 5.35. The summed E-state index contributed by atoms with van der Waals surface area (Å²) in [5, 5.41) is 0. The van der Waals surface area contributed by atoms with Gasteiger partial charge >= 0.3 is 0 Å². The summed E-state index contributed by atoms with van der Waals surface area (Å²) in [6, 6.07) is 9.21. The largest absolute Gasteiger partial charge is 0.229 e. The number of allylic oxidation sites excluding steroid dienone is 4. The van der Waals surface area contributed by atoms with Crippen LogP contribution in [0.1, 0.15) is 12.0 Å². The lowest BCUT2D eigenvalue weighted by Gasteiger charge is -2.20. The fourth-order valence-electron chi connectivity index (χ4n) is 1.50. The molecule has 0 amide bonds. The summed E-state index contributed by atoms with van der Waals surface area (Å²) in [5.74, 6) is 0. The Morgan fingerprint density at radius 2 is 1.62 bits per heavy atom. The summed E-state index contributed by atoms with van der Waals surface area (Å²) in [7, 11) is 0. The van der Waals surface area contributed by atoms with Crippen molar-refractivity contribution in [2.24, 2.45) is 0 Å². The number of halogens is 1. The van der Waals surface area contributed by atoms with Crippen molar-refractivity contribution >= 4 is 0 Å². The van der Waals surface area contributed by atoms with E-state index in [0.29, 0.717) is 5.56 Å². The number of alkyl halides is 1. The number of benzene rings is 1. The number of hydrogen-bond acceptors (Lipinski definition) is 0. The normalized spacial score (nSPS) is 18.8. The van der Waals surface area contributed by atoms with E-state index in [9.17, 15) is 4.39 Å². The SMILES string of the molecule is FC1(c2ccccc2)C=CCC=C1. The lowest BCUT2D eigenvalue weighted by Crippen LogP contribution is -2.14. The second kappa shape index (κ2) is 3.17. The molecule has 1 aromatic carbocycles. The van der Waals surface area contributed by atoms with Gasteiger partial charge in [-0.25, -0.2) is 4.39 Å². The average Bonchev–Trinajstić information content (AvgIpc) is 2.20. The number of rotatable bonds is 1. The van der Waals surface area contributed by atoms with Gasteiger partial charge in [0.05, 0.1) is 0 Å². The summed E-state index contributed by atoms with van der Waals surface area (Å²) in [4.78, 5) is 0. The maximum absolute atomic E-state index is 14.1. The van der Waals surface area contributed by atoms with E-state index in [1.165, 1.54) is 0 Å². The van der Waals surface area contributed by atoms with E-state index in [0.717, 1.165) is 6.42 Å². The Morgan fingerprint density at radius 3 is 2.23 bits per heavy atom. The molecule has 13 heavy (non-hydrogen) atoms. The zero-order valence-corrected chi connectivity index (χ0v) is 7.28. The van der Waals surface area contributed by atoms with E-state index in [1.807, 2.05) is 30.4 Å². The van der Waals surface area contributed by atoms with Crippen LogP contribution < -0.4 is 0 Å². The van der Waals surface area contributed by atoms with Crippen molar-refractivity contribution in [2.45, 2.75) is 12.1 Å². The van der Waals surface area contributed by atoms with Gasteiger partial charge in [-0.1, -0.05) is 42.5 Å². The van der Waals surface area contributed by atoms with Crippen molar-refractivity contribution in [3.8, 4) is 0 Å². The van der Waals surface area contributed by atoms with Crippen LogP contribution in [0.3, 0.4) is 0 Å². The average molecular weight is 174 g/mol. The van der Waals surface area contributed by atoms with Gasteiger partial charge in [-0.15, -0.1) is 0 Å². The third kappa shape index (κ3) is 1.55. The van der Waals surface area contributed by atoms with E-state index < -0.39 is 5.67 Å². The van der Waals surface area contributed by atoms with Crippen molar-refractivity contribution in [2.75, 3.05) is 0 Å². The first kappa shape index (κ1) is 8.24. The van der Waals surface area contributed by atoms with Crippen LogP contribution in [-0.4, -0.2) is 0 Å². The lowest BCUT2D eigenvalue weighted by molar-refractivity contribution is 0.303. The zero-order chi connectivity index (χ0) is 9.15. The van der Waals surface area contributed by atoms with Crippen molar-refractivity contribution in [1.29, 1.82) is 0 Å². The van der Waals surface area contributed by atoms with Crippen LogP contribution in [0, 0.1) is 0 Å². The van der Waals surface area contributed by atoms with Gasteiger partial charge in [0.15, 0.2) is 5.67 Å². The van der Waals surface area contributed by atoms with Gasteiger partial charge in [-0.05, 0) is 24.1 Å². The molecule has 66 valence electrons. The molecule has 0 fully saturated rings. The molecule has 0 saturated carbocycles. The van der Waals surface area contributed by atoms with Crippen LogP contribution in [0.5, 0.6) is 0 Å². The zero-order valence-electron chi connectivity index (χ0n) is 7.28. The maximum atomic E-state index is 14.1. The predicted octanol–water partition coefficient (Wildman–Crippen LogP) is 3.37. The van der Waals surface area contributed by atoms with Gasteiger partial charge in [-0.2, -0.15) is 0 Å². The van der Waals surface area contributed by atoms with Crippen LogP contribution >= 0.6 is 0 Å². The predicted molar refractivity (Wildman–Crippen MR) is 52.1 cm³/mol. The summed E-state index contributed by atoms with van der Waals surface area (Å²) in [5.41, 5.74) is -0.693. The molecule has 0 radical (unpaired) electrons. The van der Waals surface area contributed by atoms with Gasteiger partial charge in [0, 0.05) is 0 Å². The van der Waals surface area contributed by atoms with E-state index in [2.05, 4.69) is 0 Å². The lowest BCUT2D eigenvalue weighted by atomic mass is 9.92. The molecule has 0 saturated heterocycles. The van der Waals surface area contributed by atoms with E-state index in [4.69, 9.17) is 0 Å². The number of hydrogen-bond donors (Lipinski definition) is 0. The van der Waals surface area contributed by atoms with Gasteiger partial charge in [-0.3, -0.25) is 0 Å². The Kier molecular flexibility index (Phi) is 2.01. The second-order valence-corrected chi connectivity index (χ2v) is 3.17. The minimum Gasteiger partial charge on any atom is -0.229 e. The van der Waals surface area contributed by atoms with Crippen molar-refractivity contribution in [3.63, 3.8) is 0 Å². The first-order valence-corrected chi connectivity index (χ1v) is 4.41. The summed E-state index contributed by atoms with van der Waals surface area (Å²) >= 11 is 0. The Hall–Kier alpha value is -1.37. The minimum absolute atomic E-state index is 0.696. The minimum atomic E-state index is -1.39. The second-order valence-electron chi connectivity index (χ2n) is 3.17. The van der Waals surface area contributed by atoms with Gasteiger partial charge in [0.2, 0.25) is 0 Å². The van der Waals surface area contributed by atoms with E-state index in [-0.39, 0.29) is 0 Å². The van der Waals surface area contributed by atoms with Crippen molar-refractivity contribution < 1.29 is 4.39 Å². The molecule has 0 aliphatic heterocycles. The maximum Gasteiger partial charge on any atom is 0.172 e. The van der Waals surface area contributed by atoms with Crippen LogP contribution in [0.2, 0.25) is 0 Å². The molecule has 0 N–H and O–H groups in total. The molecule has 0 nitrogen and oxygen atoms in total. The molecule has 0 atom stereocenters. The molecule has 0 unspecified atom stereocenters. The van der Waals surface area contributed by atoms with Gasteiger partial charge < -0.3 is 0 Å². The highest BCUT2D eigenvalue weighted by atomic mass is 19.1. The monoisotopic (exact) mass is 174 g/mol. The third-order valence-corrected chi connectivity index (χ3v) is 2.21. The third-order valence-electron chi connectivity index (χ3n) is 2.21. The van der Waals surface area contributed by atoms with Crippen LogP contribution in [0.4, 0.5) is 4.39 Å². The van der Waals surface area contributed by atoms with E-state index >= 15 is 0 Å². The molecular formula is C12H11F. The molecule has 1 heteroatoms. The summed E-state index contributed by atoms with van der Waals surface area (Å²) < 4.78 is 14.1. The van der Waals surface area contributed by atoms with Crippen LogP contribution in [-0.2, 0) is 5.67 Å². The first-order chi connectivity index (χ1) is 6.31. The molecule has 1 aromatic rings. The molecule has 1 aliphatic carbocycles. The Labute approximate surface area is 77.4 Å². The molecule has 0 heterocycles. The molecule has 1 aliphatic rings. The quantitative estimate of drug-likeness (QED) is 0.572. The molecular weight excluding hydrogens is 163 g/mol. The molecule has 0 spiro atoms. The van der Waals surface area contributed by atoms with Crippen LogP contribution in [0.25, 0.3) is 0 Å². The molecule has 2 rings (SSSR count). The smallest absolute Gasteiger partial charge is 0.172 e. The van der Waals surface area contributed by atoms with Crippen molar-refractivity contribution in [1.82, 2.24) is 0 Å². The topological polar surface area (TPSA) is 0 Å². The fourth-order valence-corrected chi connectivity index (χ4v) is 1.50. The fraction of sp³-hybridized carbons (Fsp3) is 0.167. The van der Waals surface area contributed by atoms with Crippen LogP contribution in [0.15, 0.2) is 54.6 Å². The van der Waals surface area contributed by atoms with Gasteiger partial charge in [0.1, 0.15) is 0 Å². The molecule has 0 bridgehead atoms. The van der Waals surface area contributed by atoms with Gasteiger partial charge in [0.25, 0.3) is 0 Å². The summed E-state index contributed by atoms with van der Waals surface area (Å²) in [6.45, 7) is 0. The summed E-state index contributed by atoms with van der Waals surface area (Å²) in [6.07, 6.45) is 7.77. The Bertz CT molecular complexity index is 323.